The van der Waals surface area contributed by atoms with Gasteiger partial charge in [0.2, 0.25) is 5.91 Å². The van der Waals surface area contributed by atoms with Gasteiger partial charge in [0.05, 0.1) is 12.5 Å². The minimum Gasteiger partial charge on any atom is -0.493 e. The van der Waals surface area contributed by atoms with Gasteiger partial charge in [0.25, 0.3) is 0 Å². The SMILES string of the molecule is O=C(C1CNCC12CCOc1cc(Cl)ccc12)N1CCC(c2ccccc2)CC1C1CCCCC1. The molecule has 1 saturated carbocycles. The predicted molar refractivity (Wildman–Crippen MR) is 140 cm³/mol. The largest absolute Gasteiger partial charge is 0.493 e. The predicted octanol–water partition coefficient (Wildman–Crippen LogP) is 5.93. The van der Waals surface area contributed by atoms with Crippen molar-refractivity contribution in [3.8, 4) is 5.75 Å². The highest BCUT2D eigenvalue weighted by Gasteiger charge is 2.53. The van der Waals surface area contributed by atoms with E-state index >= 15 is 0 Å². The highest BCUT2D eigenvalue weighted by molar-refractivity contribution is 6.30. The Balaban J connectivity index is 1.30. The molecule has 3 fully saturated rings. The third-order valence-electron chi connectivity index (χ3n) is 9.43. The van der Waals surface area contributed by atoms with Crippen molar-refractivity contribution in [1.29, 1.82) is 0 Å². The van der Waals surface area contributed by atoms with Gasteiger partial charge in [0.15, 0.2) is 0 Å². The maximum absolute atomic E-state index is 14.5. The van der Waals surface area contributed by atoms with Crippen LogP contribution in [0.15, 0.2) is 48.5 Å². The van der Waals surface area contributed by atoms with Crippen LogP contribution in [0.1, 0.15) is 68.4 Å². The average Bonchev–Trinajstić information content (AvgIpc) is 3.32. The zero-order chi connectivity index (χ0) is 23.8. The van der Waals surface area contributed by atoms with Crippen molar-refractivity contribution < 1.29 is 9.53 Å². The molecular formula is C30H37ClN2O2. The van der Waals surface area contributed by atoms with Crippen molar-refractivity contribution in [2.24, 2.45) is 11.8 Å². The molecule has 3 aliphatic heterocycles. The zero-order valence-corrected chi connectivity index (χ0v) is 21.3. The summed E-state index contributed by atoms with van der Waals surface area (Å²) in [6, 6.07) is 17.3. The summed E-state index contributed by atoms with van der Waals surface area (Å²) in [5.41, 5.74) is 2.39. The van der Waals surface area contributed by atoms with Crippen LogP contribution >= 0.6 is 11.6 Å². The van der Waals surface area contributed by atoms with Crippen LogP contribution in [0.5, 0.6) is 5.75 Å². The van der Waals surface area contributed by atoms with E-state index < -0.39 is 0 Å². The molecule has 1 spiro atoms. The van der Waals surface area contributed by atoms with E-state index in [1.54, 1.807) is 0 Å². The van der Waals surface area contributed by atoms with Crippen LogP contribution in [0.3, 0.4) is 0 Å². The van der Waals surface area contributed by atoms with Crippen LogP contribution in [0.2, 0.25) is 5.02 Å². The number of hydrogen-bond acceptors (Lipinski definition) is 3. The van der Waals surface area contributed by atoms with Crippen LogP contribution in [-0.2, 0) is 10.2 Å². The molecule has 35 heavy (non-hydrogen) atoms. The van der Waals surface area contributed by atoms with Crippen molar-refractivity contribution in [3.05, 3.63) is 64.7 Å². The monoisotopic (exact) mass is 492 g/mol. The number of halogens is 1. The van der Waals surface area contributed by atoms with Crippen molar-refractivity contribution >= 4 is 17.5 Å². The molecule has 1 N–H and O–H groups in total. The molecule has 4 aliphatic rings. The first kappa shape index (κ1) is 23.4. The highest BCUT2D eigenvalue weighted by Crippen LogP contribution is 2.48. The second-order valence-corrected chi connectivity index (χ2v) is 11.6. The van der Waals surface area contributed by atoms with Gasteiger partial charge in [0, 0.05) is 41.7 Å². The second-order valence-electron chi connectivity index (χ2n) is 11.2. The standard InChI is InChI=1S/C30H37ClN2O2/c31-24-11-12-25-28(18-24)35-16-14-30(25)20-32-19-26(30)29(34)33-15-13-23(21-7-3-1-4-8-21)17-27(33)22-9-5-2-6-10-22/h1,3-4,7-8,11-12,18,22-23,26-27,32H,2,5-6,9-10,13-17,19-20H2. The lowest BCUT2D eigenvalue weighted by Gasteiger charge is -2.48. The summed E-state index contributed by atoms with van der Waals surface area (Å²) in [4.78, 5) is 16.8. The van der Waals surface area contributed by atoms with Crippen LogP contribution in [0.4, 0.5) is 0 Å². The van der Waals surface area contributed by atoms with E-state index in [4.69, 9.17) is 16.3 Å². The normalized spacial score (nSPS) is 31.2. The van der Waals surface area contributed by atoms with Crippen molar-refractivity contribution in [2.75, 3.05) is 26.2 Å². The maximum atomic E-state index is 14.5. The Morgan fingerprint density at radius 1 is 1.06 bits per heavy atom. The quantitative estimate of drug-likeness (QED) is 0.577. The molecule has 2 aromatic carbocycles. The fourth-order valence-electron chi connectivity index (χ4n) is 7.60. The van der Waals surface area contributed by atoms with Gasteiger partial charge in [-0.2, -0.15) is 0 Å². The zero-order valence-electron chi connectivity index (χ0n) is 20.6. The molecule has 0 aromatic heterocycles. The van der Waals surface area contributed by atoms with E-state index in [-0.39, 0.29) is 11.3 Å². The molecule has 3 heterocycles. The highest BCUT2D eigenvalue weighted by atomic mass is 35.5. The molecule has 1 amide bonds. The van der Waals surface area contributed by atoms with E-state index in [0.29, 0.717) is 35.4 Å². The fraction of sp³-hybridized carbons (Fsp3) is 0.567. The number of piperidine rings is 1. The summed E-state index contributed by atoms with van der Waals surface area (Å²) in [7, 11) is 0. The Labute approximate surface area is 214 Å². The van der Waals surface area contributed by atoms with E-state index in [2.05, 4.69) is 46.6 Å². The third-order valence-corrected chi connectivity index (χ3v) is 9.67. The first-order valence-corrected chi connectivity index (χ1v) is 14.0. The lowest BCUT2D eigenvalue weighted by molar-refractivity contribution is -0.143. The van der Waals surface area contributed by atoms with E-state index in [1.807, 2.05) is 12.1 Å². The first-order chi connectivity index (χ1) is 17.2. The van der Waals surface area contributed by atoms with E-state index in [0.717, 1.165) is 50.2 Å². The molecule has 186 valence electrons. The number of hydrogen-bond donors (Lipinski definition) is 1. The van der Waals surface area contributed by atoms with Crippen LogP contribution in [0, 0.1) is 11.8 Å². The molecule has 4 unspecified atom stereocenters. The Morgan fingerprint density at radius 2 is 1.89 bits per heavy atom. The molecule has 0 radical (unpaired) electrons. The number of carbonyl (C=O) groups excluding carboxylic acids is 1. The van der Waals surface area contributed by atoms with Crippen LogP contribution in [0.25, 0.3) is 0 Å². The Kier molecular flexibility index (Phi) is 6.53. The second kappa shape index (κ2) is 9.78. The summed E-state index contributed by atoms with van der Waals surface area (Å²) < 4.78 is 6.01. The van der Waals surface area contributed by atoms with Gasteiger partial charge in [-0.25, -0.2) is 0 Å². The molecule has 6 rings (SSSR count). The number of fused-ring (bicyclic) bond motifs is 2. The number of ether oxygens (including phenoxy) is 1. The molecule has 4 nitrogen and oxygen atoms in total. The Hall–Kier alpha value is -2.04. The van der Waals surface area contributed by atoms with Crippen LogP contribution < -0.4 is 10.1 Å². The van der Waals surface area contributed by atoms with Crippen molar-refractivity contribution in [1.82, 2.24) is 10.2 Å². The van der Waals surface area contributed by atoms with Gasteiger partial charge in [0.1, 0.15) is 5.75 Å². The number of rotatable bonds is 3. The molecule has 2 aromatic rings. The number of nitrogens with one attached hydrogen (secondary N) is 1. The summed E-state index contributed by atoms with van der Waals surface area (Å²) in [6.07, 6.45) is 9.51. The topological polar surface area (TPSA) is 41.6 Å². The van der Waals surface area contributed by atoms with Gasteiger partial charge >= 0.3 is 0 Å². The number of benzene rings is 2. The minimum absolute atomic E-state index is 0.0503. The average molecular weight is 493 g/mol. The van der Waals surface area contributed by atoms with Crippen molar-refractivity contribution in [2.45, 2.75) is 68.7 Å². The lowest BCUT2D eigenvalue weighted by Crippen LogP contribution is -2.55. The fourth-order valence-corrected chi connectivity index (χ4v) is 7.76. The summed E-state index contributed by atoms with van der Waals surface area (Å²) in [5.74, 6) is 2.35. The van der Waals surface area contributed by atoms with E-state index in [9.17, 15) is 4.79 Å². The summed E-state index contributed by atoms with van der Waals surface area (Å²) in [5, 5.41) is 4.29. The number of nitrogens with zero attached hydrogens (tertiary/aromatic N) is 1. The van der Waals surface area contributed by atoms with Gasteiger partial charge in [-0.05, 0) is 61.6 Å². The van der Waals surface area contributed by atoms with Gasteiger partial charge in [-0.1, -0.05) is 67.3 Å². The van der Waals surface area contributed by atoms with Gasteiger partial charge in [-0.3, -0.25) is 4.79 Å². The van der Waals surface area contributed by atoms with Crippen molar-refractivity contribution in [3.63, 3.8) is 0 Å². The molecule has 1 aliphatic carbocycles. The molecule has 4 atom stereocenters. The third kappa shape index (κ3) is 4.27. The van der Waals surface area contributed by atoms with Gasteiger partial charge < -0.3 is 15.0 Å². The van der Waals surface area contributed by atoms with E-state index in [1.165, 1.54) is 37.7 Å². The molecular weight excluding hydrogens is 456 g/mol. The van der Waals surface area contributed by atoms with Gasteiger partial charge in [-0.15, -0.1) is 0 Å². The lowest BCUT2D eigenvalue weighted by atomic mass is 9.67. The first-order valence-electron chi connectivity index (χ1n) is 13.6. The molecule has 5 heteroatoms. The smallest absolute Gasteiger partial charge is 0.228 e. The maximum Gasteiger partial charge on any atom is 0.228 e. The Bertz CT molecular complexity index is 1050. The number of amides is 1. The molecule has 2 saturated heterocycles. The van der Waals surface area contributed by atoms with Crippen LogP contribution in [-0.4, -0.2) is 43.1 Å². The summed E-state index contributed by atoms with van der Waals surface area (Å²) in [6.45, 7) is 3.09. The summed E-state index contributed by atoms with van der Waals surface area (Å²) >= 11 is 6.29. The Morgan fingerprint density at radius 3 is 2.71 bits per heavy atom. The number of carbonyl (C=O) groups is 1. The molecule has 0 bridgehead atoms. The minimum atomic E-state index is -0.206. The number of likely N-dealkylation sites (tertiary alicyclic amines) is 1.